The highest BCUT2D eigenvalue weighted by Gasteiger charge is 2.40. The molecular formula is C28H31Cl2FN4O4. The quantitative estimate of drug-likeness (QED) is 0.475. The van der Waals surface area contributed by atoms with Gasteiger partial charge in [-0.1, -0.05) is 41.4 Å². The summed E-state index contributed by atoms with van der Waals surface area (Å²) in [5.74, 6) is -1.26. The Morgan fingerprint density at radius 2 is 1.87 bits per heavy atom. The van der Waals surface area contributed by atoms with E-state index in [2.05, 4.69) is 10.2 Å². The van der Waals surface area contributed by atoms with E-state index in [1.165, 1.54) is 23.1 Å². The monoisotopic (exact) mass is 576 g/mol. The Bertz CT molecular complexity index is 1300. The van der Waals surface area contributed by atoms with E-state index in [0.717, 1.165) is 0 Å². The van der Waals surface area contributed by atoms with Gasteiger partial charge in [0.2, 0.25) is 0 Å². The first kappa shape index (κ1) is 28.9. The zero-order valence-corrected chi connectivity index (χ0v) is 23.6. The molecule has 1 N–H and O–H groups in total. The Labute approximate surface area is 237 Å². The van der Waals surface area contributed by atoms with Crippen molar-refractivity contribution in [3.8, 4) is 0 Å². The van der Waals surface area contributed by atoms with E-state index in [0.29, 0.717) is 48.0 Å². The molecule has 0 saturated carbocycles. The van der Waals surface area contributed by atoms with Crippen molar-refractivity contribution in [1.29, 1.82) is 0 Å². The molecule has 0 unspecified atom stereocenters. The lowest BCUT2D eigenvalue weighted by Crippen LogP contribution is -2.56. The highest BCUT2D eigenvalue weighted by Crippen LogP contribution is 2.38. The van der Waals surface area contributed by atoms with Crippen LogP contribution in [0.4, 0.5) is 9.18 Å². The van der Waals surface area contributed by atoms with Crippen LogP contribution in [0, 0.1) is 5.82 Å². The van der Waals surface area contributed by atoms with Gasteiger partial charge < -0.3 is 15.0 Å². The van der Waals surface area contributed by atoms with Crippen LogP contribution in [0.5, 0.6) is 0 Å². The first-order valence-corrected chi connectivity index (χ1v) is 13.6. The summed E-state index contributed by atoms with van der Waals surface area (Å²) < 4.78 is 19.1. The van der Waals surface area contributed by atoms with Gasteiger partial charge in [0.1, 0.15) is 5.82 Å². The molecule has 0 spiro atoms. The van der Waals surface area contributed by atoms with E-state index < -0.39 is 17.8 Å². The van der Waals surface area contributed by atoms with Crippen LogP contribution >= 0.6 is 23.2 Å². The average molecular weight is 577 g/mol. The van der Waals surface area contributed by atoms with Gasteiger partial charge in [0, 0.05) is 50.0 Å². The SMILES string of the molecule is CCOC(=O)C1=C(CN2CCN(C(=O)c3cccc(F)c3)[C@@H](C)C2)N(CC)C(=O)N[C@H]1c1cccc(Cl)c1Cl. The minimum absolute atomic E-state index is 0.156. The maximum Gasteiger partial charge on any atom is 0.338 e. The Morgan fingerprint density at radius 3 is 2.54 bits per heavy atom. The number of urea groups is 1. The standard InChI is InChI=1S/C28H31Cl2FN4O4/c1-4-34-22(16-33-12-13-35(17(3)15-33)26(36)18-8-6-9-19(31)14-18)23(27(37)39-5-2)25(32-28(34)38)20-10-7-11-21(29)24(20)30/h6-11,14,17,25H,4-5,12-13,15-16H2,1-3H3,(H,32,38)/t17-,25-/m0/s1. The Kier molecular flexibility index (Phi) is 9.15. The molecule has 2 atom stereocenters. The number of carbonyl (C=O) groups is 3. The van der Waals surface area contributed by atoms with Crippen LogP contribution in [0.15, 0.2) is 53.7 Å². The van der Waals surface area contributed by atoms with E-state index >= 15 is 0 Å². The second kappa shape index (κ2) is 12.4. The summed E-state index contributed by atoms with van der Waals surface area (Å²) in [6, 6.07) is 9.31. The van der Waals surface area contributed by atoms with Crippen LogP contribution in [-0.4, -0.2) is 78.0 Å². The molecule has 2 aromatic carbocycles. The average Bonchev–Trinajstić information content (AvgIpc) is 2.90. The smallest absolute Gasteiger partial charge is 0.338 e. The van der Waals surface area contributed by atoms with Gasteiger partial charge in [-0.05, 0) is 50.6 Å². The van der Waals surface area contributed by atoms with Crippen molar-refractivity contribution in [1.82, 2.24) is 20.0 Å². The minimum Gasteiger partial charge on any atom is -0.463 e. The number of nitrogens with zero attached hydrogens (tertiary/aromatic N) is 3. The first-order chi connectivity index (χ1) is 18.7. The van der Waals surface area contributed by atoms with E-state index in [9.17, 15) is 18.8 Å². The summed E-state index contributed by atoms with van der Waals surface area (Å²) in [6.45, 7) is 7.61. The molecule has 8 nitrogen and oxygen atoms in total. The number of benzene rings is 2. The lowest BCUT2D eigenvalue weighted by atomic mass is 9.93. The molecule has 3 amide bonds. The van der Waals surface area contributed by atoms with Gasteiger partial charge >= 0.3 is 12.0 Å². The van der Waals surface area contributed by atoms with Gasteiger partial charge in [-0.25, -0.2) is 14.0 Å². The summed E-state index contributed by atoms with van der Waals surface area (Å²) >= 11 is 12.8. The molecular weight excluding hydrogens is 546 g/mol. The van der Waals surface area contributed by atoms with Crippen molar-refractivity contribution in [3.63, 3.8) is 0 Å². The molecule has 4 rings (SSSR count). The van der Waals surface area contributed by atoms with Crippen molar-refractivity contribution in [2.45, 2.75) is 32.9 Å². The number of amides is 3. The molecule has 0 bridgehead atoms. The highest BCUT2D eigenvalue weighted by atomic mass is 35.5. The Hall–Kier alpha value is -3.14. The molecule has 39 heavy (non-hydrogen) atoms. The fourth-order valence-corrected chi connectivity index (χ4v) is 5.53. The molecule has 1 saturated heterocycles. The molecule has 2 aliphatic heterocycles. The highest BCUT2D eigenvalue weighted by molar-refractivity contribution is 6.42. The number of hydrogen-bond acceptors (Lipinski definition) is 5. The summed E-state index contributed by atoms with van der Waals surface area (Å²) in [5.41, 5.74) is 1.59. The predicted molar refractivity (Wildman–Crippen MR) is 147 cm³/mol. The minimum atomic E-state index is -0.853. The normalized spacial score (nSPS) is 20.2. The van der Waals surface area contributed by atoms with Crippen LogP contribution in [0.25, 0.3) is 0 Å². The third-order valence-corrected chi connectivity index (χ3v) is 7.79. The number of ether oxygens (including phenoxy) is 1. The summed E-state index contributed by atoms with van der Waals surface area (Å²) in [7, 11) is 0. The number of piperazine rings is 1. The fraction of sp³-hybridized carbons (Fsp3) is 0.393. The van der Waals surface area contributed by atoms with Crippen molar-refractivity contribution < 1.29 is 23.5 Å². The molecule has 0 aliphatic carbocycles. The molecule has 1 fully saturated rings. The summed E-state index contributed by atoms with van der Waals surface area (Å²) in [5, 5.41) is 3.44. The summed E-state index contributed by atoms with van der Waals surface area (Å²) in [4.78, 5) is 45.0. The van der Waals surface area contributed by atoms with Crippen LogP contribution in [0.1, 0.15) is 42.7 Å². The van der Waals surface area contributed by atoms with Crippen molar-refractivity contribution >= 4 is 41.1 Å². The Morgan fingerprint density at radius 1 is 1.13 bits per heavy atom. The lowest BCUT2D eigenvalue weighted by molar-refractivity contribution is -0.139. The van der Waals surface area contributed by atoms with E-state index in [4.69, 9.17) is 27.9 Å². The third kappa shape index (κ3) is 6.05. The van der Waals surface area contributed by atoms with Gasteiger partial charge in [-0.2, -0.15) is 0 Å². The number of carbonyl (C=O) groups excluding carboxylic acids is 3. The van der Waals surface area contributed by atoms with Crippen LogP contribution in [0.2, 0.25) is 10.0 Å². The number of esters is 1. The van der Waals surface area contributed by atoms with Crippen LogP contribution < -0.4 is 5.32 Å². The van der Waals surface area contributed by atoms with Gasteiger partial charge in [0.15, 0.2) is 0 Å². The lowest BCUT2D eigenvalue weighted by Gasteiger charge is -2.43. The summed E-state index contributed by atoms with van der Waals surface area (Å²) in [6.07, 6.45) is 0. The molecule has 0 aromatic heterocycles. The molecule has 0 radical (unpaired) electrons. The van der Waals surface area contributed by atoms with E-state index in [1.807, 2.05) is 13.8 Å². The maximum atomic E-state index is 13.7. The Balaban J connectivity index is 1.66. The van der Waals surface area contributed by atoms with Crippen molar-refractivity contribution in [3.05, 3.63) is 80.7 Å². The van der Waals surface area contributed by atoms with Crippen LogP contribution in [-0.2, 0) is 9.53 Å². The van der Waals surface area contributed by atoms with Crippen molar-refractivity contribution in [2.75, 3.05) is 39.3 Å². The zero-order chi connectivity index (χ0) is 28.3. The fourth-order valence-electron chi connectivity index (χ4n) is 5.11. The number of likely N-dealkylation sites (N-methyl/N-ethyl adjacent to an activating group) is 1. The van der Waals surface area contributed by atoms with Gasteiger partial charge in [0.05, 0.1) is 28.3 Å². The zero-order valence-electron chi connectivity index (χ0n) is 22.0. The molecule has 2 aromatic rings. The van der Waals surface area contributed by atoms with Gasteiger partial charge in [0.25, 0.3) is 5.91 Å². The molecule has 208 valence electrons. The molecule has 2 aliphatic rings. The number of rotatable bonds is 7. The predicted octanol–water partition coefficient (Wildman–Crippen LogP) is 4.88. The second-order valence-corrected chi connectivity index (χ2v) is 10.2. The first-order valence-electron chi connectivity index (χ1n) is 12.9. The largest absolute Gasteiger partial charge is 0.463 e. The third-order valence-electron chi connectivity index (χ3n) is 6.96. The van der Waals surface area contributed by atoms with Gasteiger partial charge in [-0.3, -0.25) is 14.6 Å². The number of hydrogen-bond donors (Lipinski definition) is 1. The number of halogens is 3. The van der Waals surface area contributed by atoms with E-state index in [-0.39, 0.29) is 41.7 Å². The van der Waals surface area contributed by atoms with Crippen molar-refractivity contribution in [2.24, 2.45) is 0 Å². The molecule has 2 heterocycles. The van der Waals surface area contributed by atoms with E-state index in [1.54, 1.807) is 36.1 Å². The topological polar surface area (TPSA) is 82.2 Å². The maximum absolute atomic E-state index is 13.7. The number of nitrogens with one attached hydrogen (secondary N) is 1. The second-order valence-electron chi connectivity index (χ2n) is 9.44. The van der Waals surface area contributed by atoms with Crippen LogP contribution in [0.3, 0.4) is 0 Å². The van der Waals surface area contributed by atoms with Gasteiger partial charge in [-0.15, -0.1) is 0 Å². The molecule has 11 heteroatoms.